The maximum Gasteiger partial charge on any atom is 0.191 e. The van der Waals surface area contributed by atoms with Gasteiger partial charge in [0.1, 0.15) is 11.5 Å². The van der Waals surface area contributed by atoms with Crippen molar-refractivity contribution in [3.63, 3.8) is 0 Å². The molecular weight excluding hydrogens is 443 g/mol. The summed E-state index contributed by atoms with van der Waals surface area (Å²) in [6.07, 6.45) is 4.97. The average molecular weight is 476 g/mol. The zero-order valence-corrected chi connectivity index (χ0v) is 18.3. The SMILES string of the molecule is CN=C(NCCCOc1ccc(OC)cc1)NCCN1CCCCC1.I. The van der Waals surface area contributed by atoms with Gasteiger partial charge in [-0.1, -0.05) is 6.42 Å². The summed E-state index contributed by atoms with van der Waals surface area (Å²) in [7, 11) is 3.47. The topological polar surface area (TPSA) is 58.1 Å². The maximum atomic E-state index is 5.72. The van der Waals surface area contributed by atoms with E-state index in [-0.39, 0.29) is 24.0 Å². The fourth-order valence-corrected chi connectivity index (χ4v) is 2.88. The van der Waals surface area contributed by atoms with Gasteiger partial charge in [0.25, 0.3) is 0 Å². The van der Waals surface area contributed by atoms with E-state index in [2.05, 4.69) is 20.5 Å². The zero-order chi connectivity index (χ0) is 17.7. The fourth-order valence-electron chi connectivity index (χ4n) is 2.88. The highest BCUT2D eigenvalue weighted by Gasteiger charge is 2.09. The van der Waals surface area contributed by atoms with E-state index in [0.29, 0.717) is 6.61 Å². The number of piperidine rings is 1. The van der Waals surface area contributed by atoms with Crippen LogP contribution >= 0.6 is 24.0 Å². The third-order valence-corrected chi connectivity index (χ3v) is 4.33. The maximum absolute atomic E-state index is 5.72. The van der Waals surface area contributed by atoms with Crippen molar-refractivity contribution in [1.29, 1.82) is 0 Å². The monoisotopic (exact) mass is 476 g/mol. The third kappa shape index (κ3) is 8.93. The van der Waals surface area contributed by atoms with Crippen molar-refractivity contribution in [1.82, 2.24) is 15.5 Å². The predicted octanol–water partition coefficient (Wildman–Crippen LogP) is 2.73. The van der Waals surface area contributed by atoms with E-state index >= 15 is 0 Å². The van der Waals surface area contributed by atoms with E-state index in [4.69, 9.17) is 9.47 Å². The van der Waals surface area contributed by atoms with E-state index in [9.17, 15) is 0 Å². The van der Waals surface area contributed by atoms with Crippen LogP contribution in [0, 0.1) is 0 Å². The number of likely N-dealkylation sites (tertiary alicyclic amines) is 1. The highest BCUT2D eigenvalue weighted by Crippen LogP contribution is 2.16. The first kappa shape index (κ1) is 22.8. The largest absolute Gasteiger partial charge is 0.497 e. The number of hydrogen-bond acceptors (Lipinski definition) is 4. The Morgan fingerprint density at radius 2 is 1.69 bits per heavy atom. The molecule has 0 aliphatic carbocycles. The summed E-state index contributed by atoms with van der Waals surface area (Å²) in [6.45, 7) is 5.99. The molecular formula is C19H33IN4O2. The van der Waals surface area contributed by atoms with Gasteiger partial charge in [0, 0.05) is 26.7 Å². The average Bonchev–Trinajstić information content (AvgIpc) is 2.67. The first-order chi connectivity index (χ1) is 12.3. The van der Waals surface area contributed by atoms with Crippen LogP contribution in [0.3, 0.4) is 0 Å². The quantitative estimate of drug-likeness (QED) is 0.249. The van der Waals surface area contributed by atoms with Crippen molar-refractivity contribution in [2.24, 2.45) is 4.99 Å². The van der Waals surface area contributed by atoms with E-state index in [0.717, 1.165) is 43.5 Å². The Morgan fingerprint density at radius 1 is 1.04 bits per heavy atom. The van der Waals surface area contributed by atoms with Gasteiger partial charge in [-0.3, -0.25) is 4.99 Å². The Kier molecular flexibility index (Phi) is 12.2. The molecule has 26 heavy (non-hydrogen) atoms. The minimum Gasteiger partial charge on any atom is -0.497 e. The molecule has 148 valence electrons. The van der Waals surface area contributed by atoms with E-state index in [1.807, 2.05) is 31.3 Å². The number of halogens is 1. The Morgan fingerprint density at radius 3 is 2.35 bits per heavy atom. The second-order valence-corrected chi connectivity index (χ2v) is 6.21. The summed E-state index contributed by atoms with van der Waals surface area (Å²) in [4.78, 5) is 6.79. The number of methoxy groups -OCH3 is 1. The van der Waals surface area contributed by atoms with Gasteiger partial charge in [0.15, 0.2) is 5.96 Å². The van der Waals surface area contributed by atoms with Crippen LogP contribution < -0.4 is 20.1 Å². The normalized spacial score (nSPS) is 15.1. The predicted molar refractivity (Wildman–Crippen MR) is 118 cm³/mol. The molecule has 1 fully saturated rings. The summed E-state index contributed by atoms with van der Waals surface area (Å²) in [5.41, 5.74) is 0. The number of nitrogens with zero attached hydrogens (tertiary/aromatic N) is 2. The highest BCUT2D eigenvalue weighted by molar-refractivity contribution is 14.0. The smallest absolute Gasteiger partial charge is 0.191 e. The third-order valence-electron chi connectivity index (χ3n) is 4.33. The van der Waals surface area contributed by atoms with Crippen LogP contribution in [-0.2, 0) is 0 Å². The molecule has 0 aromatic heterocycles. The number of ether oxygens (including phenoxy) is 2. The molecule has 2 N–H and O–H groups in total. The molecule has 0 bridgehead atoms. The van der Waals surface area contributed by atoms with Crippen LogP contribution in [0.2, 0.25) is 0 Å². The number of nitrogens with one attached hydrogen (secondary N) is 2. The molecule has 1 heterocycles. The molecule has 0 saturated carbocycles. The van der Waals surface area contributed by atoms with Crippen LogP contribution in [-0.4, -0.2) is 64.3 Å². The molecule has 7 heteroatoms. The standard InChI is InChI=1S/C19H32N4O2.HI/c1-20-19(22-12-15-23-13-4-3-5-14-23)21-11-6-16-25-18-9-7-17(24-2)8-10-18;/h7-10H,3-6,11-16H2,1-2H3,(H2,20,21,22);1H. The van der Waals surface area contributed by atoms with Crippen molar-refractivity contribution in [3.8, 4) is 11.5 Å². The van der Waals surface area contributed by atoms with Crippen molar-refractivity contribution < 1.29 is 9.47 Å². The minimum atomic E-state index is 0. The van der Waals surface area contributed by atoms with Gasteiger partial charge < -0.3 is 25.0 Å². The van der Waals surface area contributed by atoms with E-state index in [1.165, 1.54) is 32.4 Å². The molecule has 1 aromatic carbocycles. The Balaban J connectivity index is 0.00000338. The van der Waals surface area contributed by atoms with E-state index in [1.54, 1.807) is 7.11 Å². The molecule has 1 aliphatic rings. The molecule has 1 aromatic rings. The van der Waals surface area contributed by atoms with Gasteiger partial charge in [0.05, 0.1) is 13.7 Å². The second kappa shape index (κ2) is 13.9. The van der Waals surface area contributed by atoms with Crippen molar-refractivity contribution in [2.45, 2.75) is 25.7 Å². The van der Waals surface area contributed by atoms with Crippen LogP contribution in [0.5, 0.6) is 11.5 Å². The summed E-state index contributed by atoms with van der Waals surface area (Å²) < 4.78 is 10.9. The number of hydrogen-bond donors (Lipinski definition) is 2. The lowest BCUT2D eigenvalue weighted by Gasteiger charge is -2.26. The summed E-state index contributed by atoms with van der Waals surface area (Å²) in [5, 5.41) is 6.71. The first-order valence-electron chi connectivity index (χ1n) is 9.25. The molecule has 0 amide bonds. The lowest BCUT2D eigenvalue weighted by atomic mass is 10.1. The highest BCUT2D eigenvalue weighted by atomic mass is 127. The Labute approximate surface area is 174 Å². The van der Waals surface area contributed by atoms with Crippen LogP contribution in [0.1, 0.15) is 25.7 Å². The van der Waals surface area contributed by atoms with Gasteiger partial charge in [-0.15, -0.1) is 24.0 Å². The first-order valence-corrected chi connectivity index (χ1v) is 9.25. The summed E-state index contributed by atoms with van der Waals surface area (Å²) in [6, 6.07) is 7.66. The van der Waals surface area contributed by atoms with Crippen LogP contribution in [0.25, 0.3) is 0 Å². The van der Waals surface area contributed by atoms with E-state index < -0.39 is 0 Å². The minimum absolute atomic E-state index is 0. The van der Waals surface area contributed by atoms with Crippen LogP contribution in [0.15, 0.2) is 29.3 Å². The lowest BCUT2D eigenvalue weighted by Crippen LogP contribution is -2.43. The molecule has 0 atom stereocenters. The van der Waals surface area contributed by atoms with Crippen molar-refractivity contribution in [3.05, 3.63) is 24.3 Å². The molecule has 2 rings (SSSR count). The van der Waals surface area contributed by atoms with Crippen molar-refractivity contribution in [2.75, 3.05) is 53.5 Å². The molecule has 0 unspecified atom stereocenters. The van der Waals surface area contributed by atoms with Gasteiger partial charge in [-0.05, 0) is 56.6 Å². The molecule has 1 saturated heterocycles. The number of benzene rings is 1. The van der Waals surface area contributed by atoms with Crippen molar-refractivity contribution >= 4 is 29.9 Å². The van der Waals surface area contributed by atoms with Gasteiger partial charge in [-0.25, -0.2) is 0 Å². The Hall–Kier alpha value is -1.22. The molecule has 6 nitrogen and oxygen atoms in total. The van der Waals surface area contributed by atoms with Gasteiger partial charge in [-0.2, -0.15) is 0 Å². The number of guanidine groups is 1. The molecule has 1 aliphatic heterocycles. The zero-order valence-electron chi connectivity index (χ0n) is 16.0. The number of aliphatic imine (C=N–C) groups is 1. The number of rotatable bonds is 9. The summed E-state index contributed by atoms with van der Waals surface area (Å²) >= 11 is 0. The second-order valence-electron chi connectivity index (χ2n) is 6.21. The molecule has 0 radical (unpaired) electrons. The van der Waals surface area contributed by atoms with Crippen LogP contribution in [0.4, 0.5) is 0 Å². The fraction of sp³-hybridized carbons (Fsp3) is 0.632. The van der Waals surface area contributed by atoms with Gasteiger partial charge >= 0.3 is 0 Å². The lowest BCUT2D eigenvalue weighted by molar-refractivity contribution is 0.232. The van der Waals surface area contributed by atoms with Gasteiger partial charge in [0.2, 0.25) is 0 Å². The summed E-state index contributed by atoms with van der Waals surface area (Å²) in [5.74, 6) is 2.57. The Bertz CT molecular complexity index is 505. The molecule has 0 spiro atoms.